The molecule has 2 heterocycles. The zero-order chi connectivity index (χ0) is 26.5. The van der Waals surface area contributed by atoms with Gasteiger partial charge in [0, 0.05) is 22.2 Å². The van der Waals surface area contributed by atoms with Gasteiger partial charge in [0.2, 0.25) is 26.6 Å². The SMILES string of the molecule is O=S(=O)(c1ccccc1)c1nc(-c2ccc(Cl)cc2)oc1NCC(c1ccccc1Cl)N1CCCCCC1. The van der Waals surface area contributed by atoms with Crippen molar-refractivity contribution in [2.45, 2.75) is 41.6 Å². The van der Waals surface area contributed by atoms with Gasteiger partial charge in [0.1, 0.15) is 0 Å². The van der Waals surface area contributed by atoms with Crippen LogP contribution < -0.4 is 5.32 Å². The monoisotopic (exact) mass is 569 g/mol. The van der Waals surface area contributed by atoms with E-state index in [2.05, 4.69) is 15.2 Å². The van der Waals surface area contributed by atoms with Crippen LogP contribution in [0.1, 0.15) is 37.3 Å². The molecular formula is C29H29Cl2N3O3S. The first kappa shape index (κ1) is 26.8. The number of hydrogen-bond acceptors (Lipinski definition) is 6. The molecule has 1 fully saturated rings. The standard InChI is InChI=1S/C29H29Cl2N3O3S/c30-22-16-14-21(15-17-22)27-33-29(38(35,36)23-10-4-3-5-11-23)28(37-27)32-20-26(24-12-6-7-13-25(24)31)34-18-8-1-2-9-19-34/h3-7,10-17,26,32H,1-2,8-9,18-20H2. The number of rotatable bonds is 8. The van der Waals surface area contributed by atoms with E-state index in [1.54, 1.807) is 54.6 Å². The van der Waals surface area contributed by atoms with Crippen LogP contribution in [-0.4, -0.2) is 37.9 Å². The third-order valence-electron chi connectivity index (χ3n) is 6.80. The third kappa shape index (κ3) is 5.91. The zero-order valence-corrected chi connectivity index (χ0v) is 23.1. The van der Waals surface area contributed by atoms with Gasteiger partial charge in [-0.2, -0.15) is 4.98 Å². The number of nitrogens with one attached hydrogen (secondary N) is 1. The van der Waals surface area contributed by atoms with Crippen molar-refractivity contribution in [1.82, 2.24) is 9.88 Å². The maximum Gasteiger partial charge on any atom is 0.233 e. The van der Waals surface area contributed by atoms with E-state index in [4.69, 9.17) is 27.6 Å². The fourth-order valence-electron chi connectivity index (χ4n) is 4.80. The quantitative estimate of drug-likeness (QED) is 0.236. The van der Waals surface area contributed by atoms with Crippen LogP contribution in [0.15, 0.2) is 93.2 Å². The van der Waals surface area contributed by atoms with E-state index < -0.39 is 9.84 Å². The number of halogens is 2. The van der Waals surface area contributed by atoms with E-state index in [1.807, 2.05) is 24.3 Å². The molecule has 0 spiro atoms. The van der Waals surface area contributed by atoms with Crippen LogP contribution in [-0.2, 0) is 9.84 Å². The zero-order valence-electron chi connectivity index (χ0n) is 20.8. The Morgan fingerprint density at radius 3 is 2.21 bits per heavy atom. The van der Waals surface area contributed by atoms with Crippen molar-refractivity contribution >= 4 is 38.9 Å². The number of oxazole rings is 1. The molecule has 0 aliphatic carbocycles. The number of nitrogens with zero attached hydrogens (tertiary/aromatic N) is 2. The molecule has 0 amide bonds. The lowest BCUT2D eigenvalue weighted by molar-refractivity contribution is 0.213. The van der Waals surface area contributed by atoms with Crippen LogP contribution in [0.2, 0.25) is 10.0 Å². The summed E-state index contributed by atoms with van der Waals surface area (Å²) in [5.74, 6) is 0.299. The number of anilines is 1. The molecule has 6 nitrogen and oxygen atoms in total. The molecule has 1 aliphatic rings. The molecule has 9 heteroatoms. The summed E-state index contributed by atoms with van der Waals surface area (Å²) < 4.78 is 33.4. The molecule has 5 rings (SSSR count). The lowest BCUT2D eigenvalue weighted by Gasteiger charge is -2.31. The van der Waals surface area contributed by atoms with Gasteiger partial charge >= 0.3 is 0 Å². The number of sulfone groups is 1. The van der Waals surface area contributed by atoms with Crippen LogP contribution >= 0.6 is 23.2 Å². The largest absolute Gasteiger partial charge is 0.419 e. The fraction of sp³-hybridized carbons (Fsp3) is 0.276. The van der Waals surface area contributed by atoms with Gasteiger partial charge in [-0.05, 0) is 74.0 Å². The Morgan fingerprint density at radius 2 is 1.53 bits per heavy atom. The number of likely N-dealkylation sites (tertiary alicyclic amines) is 1. The van der Waals surface area contributed by atoms with Gasteiger partial charge in [-0.3, -0.25) is 4.90 Å². The second-order valence-electron chi connectivity index (χ2n) is 9.35. The maximum absolute atomic E-state index is 13.7. The summed E-state index contributed by atoms with van der Waals surface area (Å²) in [5, 5.41) is 4.40. The molecule has 1 saturated heterocycles. The van der Waals surface area contributed by atoms with Crippen LogP contribution in [0.5, 0.6) is 0 Å². The highest BCUT2D eigenvalue weighted by atomic mass is 35.5. The fourth-order valence-corrected chi connectivity index (χ4v) is 6.49. The summed E-state index contributed by atoms with van der Waals surface area (Å²) >= 11 is 12.7. The normalized spacial score (nSPS) is 15.6. The Morgan fingerprint density at radius 1 is 0.868 bits per heavy atom. The van der Waals surface area contributed by atoms with Crippen molar-refractivity contribution in [3.63, 3.8) is 0 Å². The van der Waals surface area contributed by atoms with Gasteiger partial charge in [0.15, 0.2) is 0 Å². The predicted octanol–water partition coefficient (Wildman–Crippen LogP) is 7.51. The number of hydrogen-bond donors (Lipinski definition) is 1. The van der Waals surface area contributed by atoms with Crippen molar-refractivity contribution in [3.05, 3.63) is 94.5 Å². The molecule has 1 unspecified atom stereocenters. The van der Waals surface area contributed by atoms with E-state index in [-0.39, 0.29) is 27.7 Å². The molecule has 0 saturated carbocycles. The maximum atomic E-state index is 13.7. The second-order valence-corrected chi connectivity index (χ2v) is 12.1. The molecule has 1 aliphatic heterocycles. The van der Waals surface area contributed by atoms with E-state index >= 15 is 0 Å². The minimum Gasteiger partial charge on any atom is -0.419 e. The molecule has 38 heavy (non-hydrogen) atoms. The summed E-state index contributed by atoms with van der Waals surface area (Å²) in [7, 11) is -3.95. The van der Waals surface area contributed by atoms with E-state index in [9.17, 15) is 8.42 Å². The average Bonchev–Trinajstić information content (AvgIpc) is 3.19. The molecule has 1 atom stereocenters. The van der Waals surface area contributed by atoms with E-state index in [0.29, 0.717) is 22.2 Å². The summed E-state index contributed by atoms with van der Waals surface area (Å²) in [6.07, 6.45) is 4.62. The third-order valence-corrected chi connectivity index (χ3v) is 9.07. The Bertz CT molecular complexity index is 1470. The van der Waals surface area contributed by atoms with E-state index in [0.717, 1.165) is 31.5 Å². The van der Waals surface area contributed by atoms with Crippen LogP contribution in [0.25, 0.3) is 11.5 Å². The number of aromatic nitrogens is 1. The molecule has 1 aromatic heterocycles. The lowest BCUT2D eigenvalue weighted by atomic mass is 10.0. The van der Waals surface area contributed by atoms with Crippen LogP contribution in [0.3, 0.4) is 0 Å². The molecule has 198 valence electrons. The Hall–Kier alpha value is -2.84. The van der Waals surface area contributed by atoms with E-state index in [1.165, 1.54) is 12.8 Å². The first-order chi connectivity index (χ1) is 18.4. The second kappa shape index (κ2) is 11.9. The molecule has 3 aromatic carbocycles. The van der Waals surface area contributed by atoms with Crippen molar-refractivity contribution in [3.8, 4) is 11.5 Å². The minimum atomic E-state index is -3.95. The highest BCUT2D eigenvalue weighted by Crippen LogP contribution is 2.35. The van der Waals surface area contributed by atoms with Crippen molar-refractivity contribution in [2.75, 3.05) is 25.0 Å². The first-order valence-electron chi connectivity index (χ1n) is 12.7. The number of benzene rings is 3. The molecule has 0 bridgehead atoms. The highest BCUT2D eigenvalue weighted by Gasteiger charge is 2.30. The lowest BCUT2D eigenvalue weighted by Crippen LogP contribution is -2.34. The van der Waals surface area contributed by atoms with Crippen LogP contribution in [0, 0.1) is 0 Å². The predicted molar refractivity (Wildman–Crippen MR) is 152 cm³/mol. The summed E-state index contributed by atoms with van der Waals surface area (Å²) in [6.45, 7) is 2.29. The van der Waals surface area contributed by atoms with Gasteiger partial charge in [-0.1, -0.05) is 72.4 Å². The van der Waals surface area contributed by atoms with Gasteiger partial charge in [0.25, 0.3) is 0 Å². The summed E-state index contributed by atoms with van der Waals surface area (Å²) in [5.41, 5.74) is 1.62. The van der Waals surface area contributed by atoms with Gasteiger partial charge in [-0.25, -0.2) is 8.42 Å². The van der Waals surface area contributed by atoms with Crippen molar-refractivity contribution in [2.24, 2.45) is 0 Å². The topological polar surface area (TPSA) is 75.4 Å². The van der Waals surface area contributed by atoms with Crippen molar-refractivity contribution < 1.29 is 12.8 Å². The average molecular weight is 571 g/mol. The first-order valence-corrected chi connectivity index (χ1v) is 15.0. The summed E-state index contributed by atoms with van der Waals surface area (Å²) in [6, 6.07) is 22.9. The molecule has 4 aromatic rings. The Balaban J connectivity index is 1.53. The molecule has 1 N–H and O–H groups in total. The molecule has 0 radical (unpaired) electrons. The molecular weight excluding hydrogens is 541 g/mol. The van der Waals surface area contributed by atoms with Crippen molar-refractivity contribution in [1.29, 1.82) is 0 Å². The van der Waals surface area contributed by atoms with Gasteiger partial charge < -0.3 is 9.73 Å². The van der Waals surface area contributed by atoms with Crippen LogP contribution in [0.4, 0.5) is 5.88 Å². The summed E-state index contributed by atoms with van der Waals surface area (Å²) in [4.78, 5) is 7.02. The smallest absolute Gasteiger partial charge is 0.233 e. The Labute approximate surface area is 233 Å². The van der Waals surface area contributed by atoms with Gasteiger partial charge in [0.05, 0.1) is 10.9 Å². The van der Waals surface area contributed by atoms with Gasteiger partial charge in [-0.15, -0.1) is 0 Å². The Kier molecular flexibility index (Phi) is 8.39. The highest BCUT2D eigenvalue weighted by molar-refractivity contribution is 7.91. The minimum absolute atomic E-state index is 0.0711.